The van der Waals surface area contributed by atoms with Crippen LogP contribution in [0.25, 0.3) is 0 Å². The summed E-state index contributed by atoms with van der Waals surface area (Å²) in [5.74, 6) is -0.170. The third-order valence-corrected chi connectivity index (χ3v) is 4.01. The van der Waals surface area contributed by atoms with Crippen molar-refractivity contribution in [2.75, 3.05) is 19.8 Å². The highest BCUT2D eigenvalue weighted by Crippen LogP contribution is 2.39. The van der Waals surface area contributed by atoms with Gasteiger partial charge in [-0.1, -0.05) is 0 Å². The van der Waals surface area contributed by atoms with Crippen molar-refractivity contribution in [1.29, 1.82) is 0 Å². The molecule has 0 bridgehead atoms. The number of rotatable bonds is 9. The third kappa shape index (κ3) is 4.37. The van der Waals surface area contributed by atoms with Crippen molar-refractivity contribution in [1.82, 2.24) is 10.6 Å². The van der Waals surface area contributed by atoms with Crippen LogP contribution in [0.4, 0.5) is 4.79 Å². The molecule has 1 unspecified atom stereocenters. The fraction of sp³-hybridized carbons (Fsp3) is 0.857. The SMILES string of the molecule is CC(NC(=O)NCCCOCC1CC1)(C(=O)O)C1CC1. The van der Waals surface area contributed by atoms with Gasteiger partial charge in [-0.25, -0.2) is 9.59 Å². The third-order valence-electron chi connectivity index (χ3n) is 4.01. The molecule has 0 spiro atoms. The molecule has 0 aromatic rings. The summed E-state index contributed by atoms with van der Waals surface area (Å²) in [5, 5.41) is 14.5. The standard InChI is InChI=1S/C14H24N2O4/c1-14(12(17)18,11-5-6-11)16-13(19)15-7-2-8-20-9-10-3-4-10/h10-11H,2-9H2,1H3,(H,17,18)(H2,15,16,19). The van der Waals surface area contributed by atoms with Gasteiger partial charge in [-0.05, 0) is 50.9 Å². The summed E-state index contributed by atoms with van der Waals surface area (Å²) in [6, 6.07) is -0.413. The molecule has 0 radical (unpaired) electrons. The first-order valence-corrected chi connectivity index (χ1v) is 7.39. The predicted molar refractivity (Wildman–Crippen MR) is 73.5 cm³/mol. The molecular formula is C14H24N2O4. The van der Waals surface area contributed by atoms with Gasteiger partial charge in [0.1, 0.15) is 5.54 Å². The molecule has 6 nitrogen and oxygen atoms in total. The van der Waals surface area contributed by atoms with Gasteiger partial charge >= 0.3 is 12.0 Å². The topological polar surface area (TPSA) is 87.7 Å². The van der Waals surface area contributed by atoms with Crippen molar-refractivity contribution in [2.24, 2.45) is 11.8 Å². The Morgan fingerprint density at radius 1 is 1.30 bits per heavy atom. The molecule has 2 saturated carbocycles. The Hall–Kier alpha value is -1.30. The Morgan fingerprint density at radius 2 is 2.00 bits per heavy atom. The zero-order valence-electron chi connectivity index (χ0n) is 12.0. The minimum atomic E-state index is -1.15. The molecule has 2 fully saturated rings. The molecule has 114 valence electrons. The summed E-state index contributed by atoms with van der Waals surface area (Å²) in [7, 11) is 0. The Labute approximate surface area is 119 Å². The second-order valence-electron chi connectivity index (χ2n) is 6.03. The first kappa shape index (κ1) is 15.1. The Bertz CT molecular complexity index is 366. The fourth-order valence-corrected chi connectivity index (χ4v) is 2.18. The van der Waals surface area contributed by atoms with Gasteiger partial charge in [-0.3, -0.25) is 0 Å². The lowest BCUT2D eigenvalue weighted by atomic mass is 9.96. The summed E-state index contributed by atoms with van der Waals surface area (Å²) >= 11 is 0. The van der Waals surface area contributed by atoms with Crippen LogP contribution >= 0.6 is 0 Å². The van der Waals surface area contributed by atoms with Gasteiger partial charge in [-0.2, -0.15) is 0 Å². The van der Waals surface area contributed by atoms with Gasteiger partial charge in [0.2, 0.25) is 0 Å². The van der Waals surface area contributed by atoms with E-state index in [1.54, 1.807) is 6.92 Å². The van der Waals surface area contributed by atoms with Crippen LogP contribution in [0.5, 0.6) is 0 Å². The summed E-state index contributed by atoms with van der Waals surface area (Å²) in [6.45, 7) is 3.53. The molecule has 2 rings (SSSR count). The monoisotopic (exact) mass is 284 g/mol. The smallest absolute Gasteiger partial charge is 0.329 e. The molecule has 0 aromatic heterocycles. The highest BCUT2D eigenvalue weighted by Gasteiger charge is 2.48. The van der Waals surface area contributed by atoms with Crippen LogP contribution in [0.15, 0.2) is 0 Å². The number of amides is 2. The van der Waals surface area contributed by atoms with Gasteiger partial charge in [0.25, 0.3) is 0 Å². The number of carboxylic acid groups (broad SMARTS) is 1. The number of nitrogens with one attached hydrogen (secondary N) is 2. The van der Waals surface area contributed by atoms with Crippen LogP contribution in [-0.4, -0.2) is 42.4 Å². The number of carbonyl (C=O) groups is 2. The molecule has 0 heterocycles. The molecular weight excluding hydrogens is 260 g/mol. The van der Waals surface area contributed by atoms with E-state index in [0.29, 0.717) is 13.2 Å². The summed E-state index contributed by atoms with van der Waals surface area (Å²) < 4.78 is 5.46. The maximum absolute atomic E-state index is 11.7. The van der Waals surface area contributed by atoms with Gasteiger partial charge in [0.15, 0.2) is 0 Å². The molecule has 1 atom stereocenters. The Balaban J connectivity index is 1.57. The van der Waals surface area contributed by atoms with E-state index in [0.717, 1.165) is 31.8 Å². The lowest BCUT2D eigenvalue weighted by Gasteiger charge is -2.26. The van der Waals surface area contributed by atoms with E-state index in [1.807, 2.05) is 0 Å². The number of hydrogen-bond donors (Lipinski definition) is 3. The number of aliphatic carboxylic acids is 1. The van der Waals surface area contributed by atoms with E-state index >= 15 is 0 Å². The van der Waals surface area contributed by atoms with E-state index in [2.05, 4.69) is 10.6 Å². The van der Waals surface area contributed by atoms with E-state index in [-0.39, 0.29) is 5.92 Å². The largest absolute Gasteiger partial charge is 0.480 e. The van der Waals surface area contributed by atoms with Crippen LogP contribution in [0, 0.1) is 11.8 Å². The lowest BCUT2D eigenvalue weighted by Crippen LogP contribution is -2.56. The normalized spacial score (nSPS) is 21.1. The van der Waals surface area contributed by atoms with E-state index in [9.17, 15) is 14.7 Å². The maximum Gasteiger partial charge on any atom is 0.329 e. The summed E-state index contributed by atoms with van der Waals surface area (Å²) in [4.78, 5) is 23.0. The van der Waals surface area contributed by atoms with E-state index in [4.69, 9.17) is 4.74 Å². The Morgan fingerprint density at radius 3 is 2.55 bits per heavy atom. The molecule has 20 heavy (non-hydrogen) atoms. The molecule has 6 heteroatoms. The molecule has 2 aliphatic rings. The summed E-state index contributed by atoms with van der Waals surface area (Å²) in [5.41, 5.74) is -1.15. The molecule has 0 aromatic carbocycles. The van der Waals surface area contributed by atoms with Crippen LogP contribution in [0.3, 0.4) is 0 Å². The molecule has 2 amide bonds. The quantitative estimate of drug-likeness (QED) is 0.558. The van der Waals surface area contributed by atoms with Crippen LogP contribution < -0.4 is 10.6 Å². The zero-order chi connectivity index (χ0) is 14.6. The van der Waals surface area contributed by atoms with Crippen molar-refractivity contribution in [2.45, 2.75) is 44.6 Å². The number of hydrogen-bond acceptors (Lipinski definition) is 3. The van der Waals surface area contributed by atoms with Crippen molar-refractivity contribution in [3.63, 3.8) is 0 Å². The van der Waals surface area contributed by atoms with Crippen LogP contribution in [0.1, 0.15) is 39.0 Å². The first-order valence-electron chi connectivity index (χ1n) is 7.39. The molecule has 0 saturated heterocycles. The Kier molecular flexibility index (Phi) is 4.86. The molecule has 2 aliphatic carbocycles. The highest BCUT2D eigenvalue weighted by molar-refractivity contribution is 5.86. The van der Waals surface area contributed by atoms with E-state index in [1.165, 1.54) is 12.8 Å². The molecule has 3 N–H and O–H groups in total. The average molecular weight is 284 g/mol. The number of carbonyl (C=O) groups excluding carboxylic acids is 1. The average Bonchev–Trinajstić information content (AvgIpc) is 3.27. The van der Waals surface area contributed by atoms with Gasteiger partial charge < -0.3 is 20.5 Å². The van der Waals surface area contributed by atoms with Crippen molar-refractivity contribution in [3.05, 3.63) is 0 Å². The first-order chi connectivity index (χ1) is 9.52. The minimum absolute atomic E-state index is 0.0487. The second kappa shape index (κ2) is 6.43. The van der Waals surface area contributed by atoms with Crippen LogP contribution in [-0.2, 0) is 9.53 Å². The predicted octanol–water partition coefficient (Wildman–Crippen LogP) is 1.36. The van der Waals surface area contributed by atoms with Crippen LogP contribution in [0.2, 0.25) is 0 Å². The van der Waals surface area contributed by atoms with E-state index < -0.39 is 17.5 Å². The fourth-order valence-electron chi connectivity index (χ4n) is 2.18. The highest BCUT2D eigenvalue weighted by atomic mass is 16.5. The lowest BCUT2D eigenvalue weighted by molar-refractivity contribution is -0.144. The van der Waals surface area contributed by atoms with Crippen molar-refractivity contribution >= 4 is 12.0 Å². The summed E-state index contributed by atoms with van der Waals surface area (Å²) in [6.07, 6.45) is 5.01. The molecule has 0 aliphatic heterocycles. The van der Waals surface area contributed by atoms with Gasteiger partial charge in [-0.15, -0.1) is 0 Å². The van der Waals surface area contributed by atoms with Gasteiger partial charge in [0, 0.05) is 19.8 Å². The number of ether oxygens (including phenoxy) is 1. The zero-order valence-corrected chi connectivity index (χ0v) is 12.0. The minimum Gasteiger partial charge on any atom is -0.480 e. The second-order valence-corrected chi connectivity index (χ2v) is 6.03. The van der Waals surface area contributed by atoms with Gasteiger partial charge in [0.05, 0.1) is 0 Å². The maximum atomic E-state index is 11.7. The number of carboxylic acids is 1. The van der Waals surface area contributed by atoms with Crippen molar-refractivity contribution < 1.29 is 19.4 Å². The number of urea groups is 1. The van der Waals surface area contributed by atoms with Crippen molar-refractivity contribution in [3.8, 4) is 0 Å².